The summed E-state index contributed by atoms with van der Waals surface area (Å²) in [4.78, 5) is 21.4. The lowest BCUT2D eigenvalue weighted by molar-refractivity contribution is -0.137. The van der Waals surface area contributed by atoms with Crippen LogP contribution in [0.5, 0.6) is 0 Å². The molecule has 0 amide bonds. The van der Waals surface area contributed by atoms with Crippen molar-refractivity contribution in [3.8, 4) is 0 Å². The van der Waals surface area contributed by atoms with Gasteiger partial charge in [0.25, 0.3) is 0 Å². The Hall–Kier alpha value is -0.940. The monoisotopic (exact) mass is 260 g/mol. The molecule has 0 heterocycles. The van der Waals surface area contributed by atoms with E-state index in [-0.39, 0.29) is 12.2 Å². The standard InChI is InChI=1S/C13H24O5/c14-10-12(16)11(15)8-6-4-2-1-3-5-7-9-13(17)18/h12,14,16H,1-10H2,(H,17,18). The molecule has 1 unspecified atom stereocenters. The van der Waals surface area contributed by atoms with E-state index in [9.17, 15) is 9.59 Å². The number of aliphatic hydroxyl groups is 2. The number of hydrogen-bond acceptors (Lipinski definition) is 4. The third-order valence-electron chi connectivity index (χ3n) is 2.86. The van der Waals surface area contributed by atoms with Gasteiger partial charge >= 0.3 is 5.97 Å². The zero-order chi connectivity index (χ0) is 13.8. The highest BCUT2D eigenvalue weighted by Crippen LogP contribution is 2.10. The van der Waals surface area contributed by atoms with Crippen LogP contribution < -0.4 is 0 Å². The molecule has 0 saturated heterocycles. The van der Waals surface area contributed by atoms with E-state index in [1.54, 1.807) is 0 Å². The molecule has 0 aromatic carbocycles. The number of carboxylic acid groups (broad SMARTS) is 1. The van der Waals surface area contributed by atoms with Crippen molar-refractivity contribution in [2.45, 2.75) is 63.9 Å². The molecule has 0 rings (SSSR count). The molecule has 106 valence electrons. The van der Waals surface area contributed by atoms with Crippen LogP contribution in [0, 0.1) is 0 Å². The van der Waals surface area contributed by atoms with Gasteiger partial charge in [0.2, 0.25) is 0 Å². The second-order valence-corrected chi connectivity index (χ2v) is 4.53. The van der Waals surface area contributed by atoms with E-state index < -0.39 is 18.7 Å². The average Bonchev–Trinajstić information content (AvgIpc) is 2.35. The molecule has 0 aliphatic rings. The van der Waals surface area contributed by atoms with Crippen LogP contribution in [0.2, 0.25) is 0 Å². The Bertz CT molecular complexity index is 240. The minimum atomic E-state index is -1.22. The summed E-state index contributed by atoms with van der Waals surface area (Å²) in [6.07, 6.45) is 5.79. The highest BCUT2D eigenvalue weighted by atomic mass is 16.4. The van der Waals surface area contributed by atoms with Gasteiger partial charge in [-0.2, -0.15) is 0 Å². The molecule has 0 aliphatic carbocycles. The minimum Gasteiger partial charge on any atom is -0.481 e. The Labute approximate surface area is 108 Å². The van der Waals surface area contributed by atoms with Gasteiger partial charge in [0, 0.05) is 12.8 Å². The summed E-state index contributed by atoms with van der Waals surface area (Å²) in [5, 5.41) is 26.0. The zero-order valence-electron chi connectivity index (χ0n) is 10.8. The van der Waals surface area contributed by atoms with Crippen molar-refractivity contribution in [2.24, 2.45) is 0 Å². The quantitative estimate of drug-likeness (QED) is 0.462. The minimum absolute atomic E-state index is 0.244. The summed E-state index contributed by atoms with van der Waals surface area (Å²) < 4.78 is 0. The fraction of sp³-hybridized carbons (Fsp3) is 0.846. The zero-order valence-corrected chi connectivity index (χ0v) is 10.8. The van der Waals surface area contributed by atoms with Crippen LogP contribution in [0.3, 0.4) is 0 Å². The van der Waals surface area contributed by atoms with E-state index in [0.717, 1.165) is 44.9 Å². The number of carbonyl (C=O) groups excluding carboxylic acids is 1. The van der Waals surface area contributed by atoms with Crippen molar-refractivity contribution < 1.29 is 24.9 Å². The summed E-state index contributed by atoms with van der Waals surface area (Å²) in [6.45, 7) is -0.498. The van der Waals surface area contributed by atoms with Gasteiger partial charge in [-0.15, -0.1) is 0 Å². The number of ketones is 1. The van der Waals surface area contributed by atoms with Crippen LogP contribution in [0.1, 0.15) is 57.8 Å². The van der Waals surface area contributed by atoms with Gasteiger partial charge in [0.1, 0.15) is 6.10 Å². The summed E-state index contributed by atoms with van der Waals surface area (Å²) in [6, 6.07) is 0. The lowest BCUT2D eigenvalue weighted by Gasteiger charge is -2.05. The molecular weight excluding hydrogens is 236 g/mol. The van der Waals surface area contributed by atoms with Gasteiger partial charge in [-0.25, -0.2) is 0 Å². The SMILES string of the molecule is O=C(O)CCCCCCCCCC(=O)C(O)CO. The Balaban J connectivity index is 3.21. The molecule has 0 aromatic heterocycles. The van der Waals surface area contributed by atoms with Gasteiger partial charge in [0.15, 0.2) is 5.78 Å². The van der Waals surface area contributed by atoms with Gasteiger partial charge in [-0.1, -0.05) is 32.1 Å². The van der Waals surface area contributed by atoms with E-state index in [4.69, 9.17) is 15.3 Å². The molecule has 1 atom stereocenters. The van der Waals surface area contributed by atoms with Gasteiger partial charge in [0.05, 0.1) is 6.61 Å². The van der Waals surface area contributed by atoms with Gasteiger partial charge in [-0.05, 0) is 12.8 Å². The second kappa shape index (κ2) is 11.2. The number of carbonyl (C=O) groups is 2. The maximum Gasteiger partial charge on any atom is 0.303 e. The highest BCUT2D eigenvalue weighted by molar-refractivity contribution is 5.82. The van der Waals surface area contributed by atoms with E-state index in [0.29, 0.717) is 6.42 Å². The number of Topliss-reactive ketones (excluding diaryl/α,β-unsaturated/α-hetero) is 1. The van der Waals surface area contributed by atoms with Crippen LogP contribution in [-0.4, -0.2) is 39.8 Å². The molecule has 0 fully saturated rings. The number of rotatable bonds is 12. The van der Waals surface area contributed by atoms with Crippen LogP contribution in [0.4, 0.5) is 0 Å². The molecule has 5 nitrogen and oxygen atoms in total. The summed E-state index contributed by atoms with van der Waals surface area (Å²) >= 11 is 0. The fourth-order valence-corrected chi connectivity index (χ4v) is 1.73. The van der Waals surface area contributed by atoms with E-state index >= 15 is 0 Å². The summed E-state index contributed by atoms with van der Waals surface area (Å²) in [7, 11) is 0. The maximum atomic E-state index is 11.1. The van der Waals surface area contributed by atoms with Crippen molar-refractivity contribution in [3.05, 3.63) is 0 Å². The van der Waals surface area contributed by atoms with Gasteiger partial charge < -0.3 is 15.3 Å². The molecule has 3 N–H and O–H groups in total. The highest BCUT2D eigenvalue weighted by Gasteiger charge is 2.12. The Kier molecular flexibility index (Phi) is 10.6. The third kappa shape index (κ3) is 10.2. The Morgan fingerprint density at radius 1 is 0.833 bits per heavy atom. The topological polar surface area (TPSA) is 94.8 Å². The third-order valence-corrected chi connectivity index (χ3v) is 2.86. The number of unbranched alkanes of at least 4 members (excludes halogenated alkanes) is 6. The first-order chi connectivity index (χ1) is 8.57. The lowest BCUT2D eigenvalue weighted by atomic mass is 10.0. The molecule has 18 heavy (non-hydrogen) atoms. The number of aliphatic hydroxyl groups excluding tert-OH is 2. The second-order valence-electron chi connectivity index (χ2n) is 4.53. The lowest BCUT2D eigenvalue weighted by Crippen LogP contribution is -2.23. The molecule has 0 bridgehead atoms. The maximum absolute atomic E-state index is 11.1. The molecule has 0 saturated carbocycles. The van der Waals surface area contributed by atoms with E-state index in [1.807, 2.05) is 0 Å². The first-order valence-electron chi connectivity index (χ1n) is 6.61. The Morgan fingerprint density at radius 3 is 1.72 bits per heavy atom. The predicted octanol–water partition coefficient (Wildman–Crippen LogP) is 1.50. The van der Waals surface area contributed by atoms with Crippen molar-refractivity contribution in [2.75, 3.05) is 6.61 Å². The smallest absolute Gasteiger partial charge is 0.303 e. The average molecular weight is 260 g/mol. The summed E-state index contributed by atoms with van der Waals surface area (Å²) in [5.74, 6) is -1.03. The molecular formula is C13H24O5. The Morgan fingerprint density at radius 2 is 1.28 bits per heavy atom. The van der Waals surface area contributed by atoms with Crippen LogP contribution in [0.25, 0.3) is 0 Å². The van der Waals surface area contributed by atoms with Crippen molar-refractivity contribution >= 4 is 11.8 Å². The van der Waals surface area contributed by atoms with Gasteiger partial charge in [-0.3, -0.25) is 9.59 Å². The molecule has 0 spiro atoms. The first-order valence-corrected chi connectivity index (χ1v) is 6.61. The van der Waals surface area contributed by atoms with Crippen LogP contribution in [0.15, 0.2) is 0 Å². The largest absolute Gasteiger partial charge is 0.481 e. The number of aliphatic carboxylic acids is 1. The van der Waals surface area contributed by atoms with E-state index in [2.05, 4.69) is 0 Å². The molecule has 0 aromatic rings. The molecule has 0 radical (unpaired) electrons. The fourth-order valence-electron chi connectivity index (χ4n) is 1.73. The van der Waals surface area contributed by atoms with Crippen molar-refractivity contribution in [3.63, 3.8) is 0 Å². The van der Waals surface area contributed by atoms with Crippen molar-refractivity contribution in [1.82, 2.24) is 0 Å². The normalized spacial score (nSPS) is 12.3. The first kappa shape index (κ1) is 17.1. The van der Waals surface area contributed by atoms with Crippen LogP contribution in [-0.2, 0) is 9.59 Å². The molecule has 0 aliphatic heterocycles. The molecule has 5 heteroatoms. The van der Waals surface area contributed by atoms with Crippen LogP contribution >= 0.6 is 0 Å². The van der Waals surface area contributed by atoms with E-state index in [1.165, 1.54) is 0 Å². The predicted molar refractivity (Wildman–Crippen MR) is 67.3 cm³/mol. The number of carboxylic acids is 1. The van der Waals surface area contributed by atoms with Crippen molar-refractivity contribution in [1.29, 1.82) is 0 Å². The number of hydrogen-bond donors (Lipinski definition) is 3. The summed E-state index contributed by atoms with van der Waals surface area (Å²) in [5.41, 5.74) is 0.